The Morgan fingerprint density at radius 3 is 2.23 bits per heavy atom. The minimum Gasteiger partial charge on any atom is -0.481 e. The van der Waals surface area contributed by atoms with E-state index in [1.807, 2.05) is 19.1 Å². The zero-order valence-corrected chi connectivity index (χ0v) is 14.4. The molecule has 136 valence electrons. The fraction of sp³-hybridized carbons (Fsp3) is 0.222. The van der Waals surface area contributed by atoms with E-state index < -0.39 is 22.8 Å². The van der Waals surface area contributed by atoms with Crippen molar-refractivity contribution in [2.45, 2.75) is 26.4 Å². The second-order valence-corrected chi connectivity index (χ2v) is 5.50. The van der Waals surface area contributed by atoms with E-state index in [1.54, 1.807) is 19.1 Å². The average molecular weight is 357 g/mol. The molecule has 0 bridgehead atoms. The van der Waals surface area contributed by atoms with Crippen molar-refractivity contribution < 1.29 is 19.2 Å². The first-order chi connectivity index (χ1) is 12.4. The lowest BCUT2D eigenvalue weighted by molar-refractivity contribution is -0.384. The van der Waals surface area contributed by atoms with Crippen molar-refractivity contribution in [1.29, 1.82) is 0 Å². The second kappa shape index (κ2) is 8.61. The zero-order chi connectivity index (χ0) is 19.1. The first kappa shape index (κ1) is 18.9. The van der Waals surface area contributed by atoms with Crippen LogP contribution < -0.4 is 15.6 Å². The molecule has 0 aromatic heterocycles. The third kappa shape index (κ3) is 5.04. The van der Waals surface area contributed by atoms with Gasteiger partial charge in [0, 0.05) is 17.7 Å². The molecule has 0 saturated heterocycles. The van der Waals surface area contributed by atoms with Crippen LogP contribution in [0, 0.1) is 10.1 Å². The van der Waals surface area contributed by atoms with Gasteiger partial charge in [-0.3, -0.25) is 30.6 Å². The molecule has 0 aliphatic rings. The molecule has 2 N–H and O–H groups in total. The van der Waals surface area contributed by atoms with Gasteiger partial charge in [-0.15, -0.1) is 0 Å². The van der Waals surface area contributed by atoms with Gasteiger partial charge in [0.2, 0.25) is 0 Å². The molecule has 26 heavy (non-hydrogen) atoms. The SMILES string of the molecule is CCc1ccc(OC(C)C(=O)NNC(=O)c2ccc([N+](=O)[O-])cc2)cc1. The topological polar surface area (TPSA) is 111 Å². The van der Waals surface area contributed by atoms with Crippen molar-refractivity contribution in [2.75, 3.05) is 0 Å². The lowest BCUT2D eigenvalue weighted by Gasteiger charge is -2.15. The van der Waals surface area contributed by atoms with E-state index in [-0.39, 0.29) is 11.3 Å². The Balaban J connectivity index is 1.86. The van der Waals surface area contributed by atoms with Crippen molar-refractivity contribution in [1.82, 2.24) is 10.9 Å². The number of carbonyl (C=O) groups is 2. The molecule has 2 aromatic carbocycles. The van der Waals surface area contributed by atoms with Gasteiger partial charge in [0.1, 0.15) is 5.75 Å². The number of rotatable bonds is 6. The van der Waals surface area contributed by atoms with Crippen LogP contribution >= 0.6 is 0 Å². The highest BCUT2D eigenvalue weighted by molar-refractivity contribution is 5.95. The fourth-order valence-electron chi connectivity index (χ4n) is 2.09. The number of hydrazine groups is 1. The molecule has 0 aliphatic carbocycles. The number of non-ortho nitro benzene ring substituents is 1. The molecule has 1 unspecified atom stereocenters. The number of nitro groups is 1. The number of nitrogens with one attached hydrogen (secondary N) is 2. The molecular weight excluding hydrogens is 338 g/mol. The lowest BCUT2D eigenvalue weighted by Crippen LogP contribution is -2.47. The van der Waals surface area contributed by atoms with Crippen LogP contribution in [0.2, 0.25) is 0 Å². The van der Waals surface area contributed by atoms with E-state index >= 15 is 0 Å². The maximum atomic E-state index is 12.0. The van der Waals surface area contributed by atoms with Crippen LogP contribution in [0.25, 0.3) is 0 Å². The van der Waals surface area contributed by atoms with E-state index in [0.717, 1.165) is 12.0 Å². The van der Waals surface area contributed by atoms with E-state index in [4.69, 9.17) is 4.74 Å². The average Bonchev–Trinajstić information content (AvgIpc) is 2.66. The van der Waals surface area contributed by atoms with Crippen molar-refractivity contribution in [3.05, 3.63) is 69.8 Å². The number of amides is 2. The summed E-state index contributed by atoms with van der Waals surface area (Å²) in [6.07, 6.45) is 0.0880. The number of benzene rings is 2. The Morgan fingerprint density at radius 1 is 1.08 bits per heavy atom. The van der Waals surface area contributed by atoms with Gasteiger partial charge in [-0.25, -0.2) is 0 Å². The standard InChI is InChI=1S/C18H19N3O5/c1-3-13-4-10-16(11-5-13)26-12(2)17(22)19-20-18(23)14-6-8-15(9-7-14)21(24)25/h4-12H,3H2,1-2H3,(H,19,22)(H,20,23). The normalized spacial score (nSPS) is 11.3. The van der Waals surface area contributed by atoms with Gasteiger partial charge in [-0.2, -0.15) is 0 Å². The molecule has 0 aliphatic heterocycles. The van der Waals surface area contributed by atoms with Crippen LogP contribution in [0.15, 0.2) is 48.5 Å². The summed E-state index contributed by atoms with van der Waals surface area (Å²) in [5.41, 5.74) is 5.72. The number of hydrogen-bond acceptors (Lipinski definition) is 5. The van der Waals surface area contributed by atoms with E-state index in [2.05, 4.69) is 10.9 Å². The summed E-state index contributed by atoms with van der Waals surface area (Å²) in [4.78, 5) is 34.0. The van der Waals surface area contributed by atoms with Crippen LogP contribution in [-0.2, 0) is 11.2 Å². The first-order valence-electron chi connectivity index (χ1n) is 8.01. The molecule has 2 amide bonds. The highest BCUT2D eigenvalue weighted by atomic mass is 16.6. The number of aryl methyl sites for hydroxylation is 1. The van der Waals surface area contributed by atoms with Crippen molar-refractivity contribution in [3.8, 4) is 5.75 Å². The van der Waals surface area contributed by atoms with Gasteiger partial charge in [0.05, 0.1) is 4.92 Å². The Bertz CT molecular complexity index is 787. The predicted molar refractivity (Wildman–Crippen MR) is 94.6 cm³/mol. The highest BCUT2D eigenvalue weighted by Gasteiger charge is 2.16. The minimum atomic E-state index is -0.820. The maximum absolute atomic E-state index is 12.0. The summed E-state index contributed by atoms with van der Waals surface area (Å²) in [5, 5.41) is 10.6. The van der Waals surface area contributed by atoms with E-state index in [9.17, 15) is 19.7 Å². The number of nitrogens with zero attached hydrogens (tertiary/aromatic N) is 1. The predicted octanol–water partition coefficient (Wildman–Crippen LogP) is 2.39. The number of hydrogen-bond donors (Lipinski definition) is 2. The van der Waals surface area contributed by atoms with Crippen molar-refractivity contribution >= 4 is 17.5 Å². The minimum absolute atomic E-state index is 0.123. The fourth-order valence-corrected chi connectivity index (χ4v) is 2.09. The summed E-state index contributed by atoms with van der Waals surface area (Å²) in [6.45, 7) is 3.60. The van der Waals surface area contributed by atoms with E-state index in [1.165, 1.54) is 24.3 Å². The van der Waals surface area contributed by atoms with Gasteiger partial charge >= 0.3 is 0 Å². The Morgan fingerprint density at radius 2 is 1.69 bits per heavy atom. The molecule has 2 aromatic rings. The summed E-state index contributed by atoms with van der Waals surface area (Å²) in [6, 6.07) is 12.4. The molecule has 0 fully saturated rings. The largest absolute Gasteiger partial charge is 0.481 e. The first-order valence-corrected chi connectivity index (χ1v) is 8.01. The third-order valence-corrected chi connectivity index (χ3v) is 3.65. The van der Waals surface area contributed by atoms with Crippen LogP contribution in [0.4, 0.5) is 5.69 Å². The molecule has 0 heterocycles. The van der Waals surface area contributed by atoms with Crippen molar-refractivity contribution in [3.63, 3.8) is 0 Å². The van der Waals surface area contributed by atoms with Gasteiger partial charge in [-0.05, 0) is 43.2 Å². The molecule has 8 heteroatoms. The molecular formula is C18H19N3O5. The molecule has 2 rings (SSSR count). The smallest absolute Gasteiger partial charge is 0.279 e. The van der Waals surface area contributed by atoms with Gasteiger partial charge in [0.15, 0.2) is 6.10 Å². The maximum Gasteiger partial charge on any atom is 0.279 e. The van der Waals surface area contributed by atoms with Crippen LogP contribution in [-0.4, -0.2) is 22.8 Å². The zero-order valence-electron chi connectivity index (χ0n) is 14.4. The quantitative estimate of drug-likeness (QED) is 0.609. The molecule has 8 nitrogen and oxygen atoms in total. The van der Waals surface area contributed by atoms with Crippen LogP contribution in [0.1, 0.15) is 29.8 Å². The van der Waals surface area contributed by atoms with E-state index in [0.29, 0.717) is 5.75 Å². The Kier molecular flexibility index (Phi) is 6.26. The highest BCUT2D eigenvalue weighted by Crippen LogP contribution is 2.14. The molecule has 0 spiro atoms. The van der Waals surface area contributed by atoms with Crippen LogP contribution in [0.5, 0.6) is 5.75 Å². The Hall–Kier alpha value is -3.42. The van der Waals surface area contributed by atoms with Crippen molar-refractivity contribution in [2.24, 2.45) is 0 Å². The summed E-state index contributed by atoms with van der Waals surface area (Å²) < 4.78 is 5.52. The molecule has 0 radical (unpaired) electrons. The van der Waals surface area contributed by atoms with Gasteiger partial charge in [-0.1, -0.05) is 19.1 Å². The summed E-state index contributed by atoms with van der Waals surface area (Å²) in [5.74, 6) is -0.570. The van der Waals surface area contributed by atoms with Gasteiger partial charge < -0.3 is 4.74 Å². The molecule has 0 saturated carbocycles. The molecule has 1 atom stereocenters. The monoisotopic (exact) mass is 357 g/mol. The number of ether oxygens (including phenoxy) is 1. The summed E-state index contributed by atoms with van der Waals surface area (Å²) in [7, 11) is 0. The van der Waals surface area contributed by atoms with Gasteiger partial charge in [0.25, 0.3) is 17.5 Å². The number of nitro benzene ring substituents is 1. The third-order valence-electron chi connectivity index (χ3n) is 3.65. The van der Waals surface area contributed by atoms with Crippen LogP contribution in [0.3, 0.4) is 0 Å². The second-order valence-electron chi connectivity index (χ2n) is 5.50. The summed E-state index contributed by atoms with van der Waals surface area (Å²) >= 11 is 0. The Labute approximate surface area is 150 Å². The lowest BCUT2D eigenvalue weighted by atomic mass is 10.2. The number of carbonyl (C=O) groups excluding carboxylic acids is 2.